The Hall–Kier alpha value is -1.06. The Labute approximate surface area is 95.7 Å². The minimum Gasteiger partial charge on any atom is -0.481 e. The van der Waals surface area contributed by atoms with Gasteiger partial charge in [-0.05, 0) is 18.4 Å². The van der Waals surface area contributed by atoms with E-state index in [1.54, 1.807) is 0 Å². The number of nitrogens with two attached hydrogens (primary N) is 1. The fraction of sp³-hybridized carbons (Fsp3) is 0.364. The first-order valence-electron chi connectivity index (χ1n) is 4.71. The minimum absolute atomic E-state index is 0. The molecule has 0 saturated heterocycles. The van der Waals surface area contributed by atoms with Crippen molar-refractivity contribution in [2.75, 3.05) is 6.54 Å². The number of aliphatic carboxylic acids is 1. The van der Waals surface area contributed by atoms with Crippen LogP contribution in [0.15, 0.2) is 30.3 Å². The van der Waals surface area contributed by atoms with Gasteiger partial charge in [0.05, 0.1) is 5.92 Å². The van der Waals surface area contributed by atoms with Crippen LogP contribution in [0.4, 0.5) is 0 Å². The molecule has 0 aliphatic heterocycles. The minimum atomic E-state index is -0.802. The van der Waals surface area contributed by atoms with E-state index in [9.17, 15) is 4.79 Å². The van der Waals surface area contributed by atoms with Gasteiger partial charge in [0.25, 0.3) is 0 Å². The Kier molecular flexibility index (Phi) is 6.75. The summed E-state index contributed by atoms with van der Waals surface area (Å²) < 4.78 is 0. The number of halogens is 1. The van der Waals surface area contributed by atoms with Gasteiger partial charge >= 0.3 is 5.97 Å². The summed E-state index contributed by atoms with van der Waals surface area (Å²) in [5.41, 5.74) is 6.52. The summed E-state index contributed by atoms with van der Waals surface area (Å²) in [5.74, 6) is -1.22. The van der Waals surface area contributed by atoms with Crippen LogP contribution in [0.25, 0.3) is 0 Å². The van der Waals surface area contributed by atoms with Crippen LogP contribution in [-0.4, -0.2) is 17.6 Å². The number of aryl methyl sites for hydroxylation is 1. The van der Waals surface area contributed by atoms with E-state index in [0.717, 1.165) is 12.0 Å². The van der Waals surface area contributed by atoms with E-state index in [0.29, 0.717) is 6.42 Å². The molecule has 0 amide bonds. The Morgan fingerprint density at radius 1 is 1.33 bits per heavy atom. The van der Waals surface area contributed by atoms with E-state index in [4.69, 9.17) is 10.8 Å². The van der Waals surface area contributed by atoms with E-state index in [1.165, 1.54) is 0 Å². The van der Waals surface area contributed by atoms with Gasteiger partial charge in [-0.2, -0.15) is 0 Å². The van der Waals surface area contributed by atoms with Crippen LogP contribution >= 0.6 is 12.4 Å². The van der Waals surface area contributed by atoms with Crippen LogP contribution in [0.3, 0.4) is 0 Å². The molecule has 1 aromatic carbocycles. The van der Waals surface area contributed by atoms with E-state index in [2.05, 4.69) is 0 Å². The SMILES string of the molecule is Cl.NCC(CCc1ccccc1)C(=O)O. The quantitative estimate of drug-likeness (QED) is 0.808. The number of rotatable bonds is 5. The topological polar surface area (TPSA) is 63.3 Å². The molecule has 0 bridgehead atoms. The van der Waals surface area contributed by atoms with Crippen molar-refractivity contribution in [3.05, 3.63) is 35.9 Å². The molecule has 1 unspecified atom stereocenters. The largest absolute Gasteiger partial charge is 0.481 e. The third-order valence-corrected chi connectivity index (χ3v) is 2.26. The first-order chi connectivity index (χ1) is 6.74. The highest BCUT2D eigenvalue weighted by Crippen LogP contribution is 2.08. The molecule has 4 heteroatoms. The predicted octanol–water partition coefficient (Wildman–Crippen LogP) is 1.70. The van der Waals surface area contributed by atoms with E-state index in [1.807, 2.05) is 30.3 Å². The van der Waals surface area contributed by atoms with Crippen molar-refractivity contribution >= 4 is 18.4 Å². The zero-order valence-electron chi connectivity index (χ0n) is 8.43. The average molecular weight is 230 g/mol. The van der Waals surface area contributed by atoms with Crippen LogP contribution in [0, 0.1) is 5.92 Å². The number of hydrogen-bond acceptors (Lipinski definition) is 2. The maximum atomic E-state index is 10.7. The molecule has 1 rings (SSSR count). The Balaban J connectivity index is 0.00000196. The van der Waals surface area contributed by atoms with Gasteiger partial charge in [0, 0.05) is 6.54 Å². The number of carboxylic acids is 1. The molecule has 0 radical (unpaired) electrons. The number of carbonyl (C=O) groups is 1. The fourth-order valence-electron chi connectivity index (χ4n) is 1.33. The molecule has 0 aliphatic carbocycles. The summed E-state index contributed by atoms with van der Waals surface area (Å²) in [6.07, 6.45) is 1.38. The summed E-state index contributed by atoms with van der Waals surface area (Å²) in [6, 6.07) is 9.84. The van der Waals surface area contributed by atoms with Gasteiger partial charge in [-0.3, -0.25) is 4.79 Å². The van der Waals surface area contributed by atoms with Crippen molar-refractivity contribution in [3.63, 3.8) is 0 Å². The van der Waals surface area contributed by atoms with Gasteiger partial charge in [0.1, 0.15) is 0 Å². The zero-order valence-corrected chi connectivity index (χ0v) is 9.24. The standard InChI is InChI=1S/C11H15NO2.ClH/c12-8-10(11(13)14)7-6-9-4-2-1-3-5-9;/h1-5,10H,6-8,12H2,(H,13,14);1H. The summed E-state index contributed by atoms with van der Waals surface area (Å²) >= 11 is 0. The molecule has 0 fully saturated rings. The van der Waals surface area contributed by atoms with Crippen LogP contribution in [0.2, 0.25) is 0 Å². The summed E-state index contributed by atoms with van der Waals surface area (Å²) in [7, 11) is 0. The average Bonchev–Trinajstić information content (AvgIpc) is 2.20. The number of benzene rings is 1. The van der Waals surface area contributed by atoms with Gasteiger partial charge in [0.2, 0.25) is 0 Å². The van der Waals surface area contributed by atoms with Crippen molar-refractivity contribution in [1.82, 2.24) is 0 Å². The first kappa shape index (κ1) is 13.9. The lowest BCUT2D eigenvalue weighted by molar-refractivity contribution is -0.141. The lowest BCUT2D eigenvalue weighted by atomic mass is 10.00. The Bertz CT molecular complexity index is 290. The third-order valence-electron chi connectivity index (χ3n) is 2.26. The summed E-state index contributed by atoms with van der Waals surface area (Å²) in [6.45, 7) is 0.210. The molecular formula is C11H16ClNO2. The van der Waals surface area contributed by atoms with Crippen LogP contribution in [0.5, 0.6) is 0 Å². The van der Waals surface area contributed by atoms with E-state index < -0.39 is 11.9 Å². The van der Waals surface area contributed by atoms with Gasteiger partial charge in [-0.1, -0.05) is 30.3 Å². The zero-order chi connectivity index (χ0) is 10.4. The highest BCUT2D eigenvalue weighted by atomic mass is 35.5. The van der Waals surface area contributed by atoms with Crippen molar-refractivity contribution in [2.24, 2.45) is 11.7 Å². The molecular weight excluding hydrogens is 214 g/mol. The smallest absolute Gasteiger partial charge is 0.307 e. The van der Waals surface area contributed by atoms with Gasteiger partial charge in [-0.15, -0.1) is 12.4 Å². The lowest BCUT2D eigenvalue weighted by Crippen LogP contribution is -2.23. The molecule has 1 aromatic rings. The second-order valence-electron chi connectivity index (χ2n) is 3.30. The molecule has 3 N–H and O–H groups in total. The molecule has 0 saturated carbocycles. The van der Waals surface area contributed by atoms with Crippen LogP contribution in [0.1, 0.15) is 12.0 Å². The monoisotopic (exact) mass is 229 g/mol. The van der Waals surface area contributed by atoms with E-state index >= 15 is 0 Å². The van der Waals surface area contributed by atoms with Crippen molar-refractivity contribution in [2.45, 2.75) is 12.8 Å². The molecule has 3 nitrogen and oxygen atoms in total. The lowest BCUT2D eigenvalue weighted by Gasteiger charge is -2.08. The van der Waals surface area contributed by atoms with Crippen molar-refractivity contribution < 1.29 is 9.90 Å². The molecule has 0 spiro atoms. The van der Waals surface area contributed by atoms with Gasteiger partial charge in [-0.25, -0.2) is 0 Å². The highest BCUT2D eigenvalue weighted by molar-refractivity contribution is 5.85. The van der Waals surface area contributed by atoms with Crippen LogP contribution < -0.4 is 5.73 Å². The number of carboxylic acid groups (broad SMARTS) is 1. The fourth-order valence-corrected chi connectivity index (χ4v) is 1.33. The molecule has 0 aromatic heterocycles. The normalized spacial score (nSPS) is 11.5. The molecule has 15 heavy (non-hydrogen) atoms. The summed E-state index contributed by atoms with van der Waals surface area (Å²) in [5, 5.41) is 8.77. The molecule has 1 atom stereocenters. The highest BCUT2D eigenvalue weighted by Gasteiger charge is 2.14. The molecule has 0 aliphatic rings. The predicted molar refractivity (Wildman–Crippen MR) is 62.2 cm³/mol. The second kappa shape index (κ2) is 7.26. The van der Waals surface area contributed by atoms with Gasteiger partial charge in [0.15, 0.2) is 0 Å². The molecule has 0 heterocycles. The Morgan fingerprint density at radius 2 is 1.93 bits per heavy atom. The summed E-state index contributed by atoms with van der Waals surface area (Å²) in [4.78, 5) is 10.7. The van der Waals surface area contributed by atoms with E-state index in [-0.39, 0.29) is 19.0 Å². The Morgan fingerprint density at radius 3 is 2.40 bits per heavy atom. The van der Waals surface area contributed by atoms with Crippen molar-refractivity contribution in [3.8, 4) is 0 Å². The molecule has 84 valence electrons. The third kappa shape index (κ3) is 4.81. The number of hydrogen-bond donors (Lipinski definition) is 2. The van der Waals surface area contributed by atoms with Crippen LogP contribution in [-0.2, 0) is 11.2 Å². The first-order valence-corrected chi connectivity index (χ1v) is 4.71. The maximum Gasteiger partial charge on any atom is 0.307 e. The second-order valence-corrected chi connectivity index (χ2v) is 3.30. The van der Waals surface area contributed by atoms with Crippen molar-refractivity contribution in [1.29, 1.82) is 0 Å². The maximum absolute atomic E-state index is 10.7. The van der Waals surface area contributed by atoms with Gasteiger partial charge < -0.3 is 10.8 Å².